The van der Waals surface area contributed by atoms with Gasteiger partial charge in [0.05, 0.1) is 16.9 Å². The molecule has 4 heteroatoms. The van der Waals surface area contributed by atoms with Crippen LogP contribution < -0.4 is 10.5 Å². The summed E-state index contributed by atoms with van der Waals surface area (Å²) in [5, 5.41) is 10.5. The molecule has 3 aromatic rings. The molecule has 102 valence electrons. The first-order chi connectivity index (χ1) is 9.65. The van der Waals surface area contributed by atoms with Crippen molar-refractivity contribution < 1.29 is 9.84 Å². The summed E-state index contributed by atoms with van der Waals surface area (Å²) < 4.78 is 7.74. The topological polar surface area (TPSA) is 60.4 Å². The summed E-state index contributed by atoms with van der Waals surface area (Å²) in [6.45, 7) is 0.425. The smallest absolute Gasteiger partial charge is 0.128 e. The van der Waals surface area contributed by atoms with Gasteiger partial charge in [-0.3, -0.25) is 0 Å². The van der Waals surface area contributed by atoms with E-state index in [1.807, 2.05) is 35.9 Å². The minimum absolute atomic E-state index is 0.198. The number of ether oxygens (including phenoxy) is 1. The molecule has 20 heavy (non-hydrogen) atoms. The van der Waals surface area contributed by atoms with Crippen LogP contribution in [0.1, 0.15) is 5.69 Å². The lowest BCUT2D eigenvalue weighted by Gasteiger charge is -2.08. The van der Waals surface area contributed by atoms with E-state index >= 15 is 0 Å². The number of nitrogens with two attached hydrogens (primary N) is 1. The van der Waals surface area contributed by atoms with E-state index in [-0.39, 0.29) is 5.75 Å². The summed E-state index contributed by atoms with van der Waals surface area (Å²) in [6, 6.07) is 14.7. The number of anilines is 1. The van der Waals surface area contributed by atoms with E-state index < -0.39 is 0 Å². The first-order valence-electron chi connectivity index (χ1n) is 6.40. The maximum Gasteiger partial charge on any atom is 0.128 e. The lowest BCUT2D eigenvalue weighted by molar-refractivity contribution is 0.296. The largest absolute Gasteiger partial charge is 0.508 e. The summed E-state index contributed by atoms with van der Waals surface area (Å²) in [7, 11) is 1.97. The highest BCUT2D eigenvalue weighted by Gasteiger charge is 2.08. The Morgan fingerprint density at radius 3 is 2.70 bits per heavy atom. The van der Waals surface area contributed by atoms with E-state index in [1.165, 1.54) is 0 Å². The highest BCUT2D eigenvalue weighted by atomic mass is 16.5. The van der Waals surface area contributed by atoms with Gasteiger partial charge in [-0.05, 0) is 24.3 Å². The minimum atomic E-state index is 0.198. The van der Waals surface area contributed by atoms with Gasteiger partial charge >= 0.3 is 0 Å². The van der Waals surface area contributed by atoms with Crippen LogP contribution in [0.15, 0.2) is 48.5 Å². The molecule has 0 aliphatic rings. The quantitative estimate of drug-likeness (QED) is 0.718. The van der Waals surface area contributed by atoms with Crippen molar-refractivity contribution in [3.63, 3.8) is 0 Å². The summed E-state index contributed by atoms with van der Waals surface area (Å²) in [4.78, 5) is 0. The van der Waals surface area contributed by atoms with Crippen molar-refractivity contribution in [2.75, 3.05) is 5.73 Å². The minimum Gasteiger partial charge on any atom is -0.508 e. The molecule has 0 amide bonds. The molecule has 0 radical (unpaired) electrons. The van der Waals surface area contributed by atoms with Crippen LogP contribution in [0, 0.1) is 0 Å². The Balaban J connectivity index is 1.88. The molecule has 0 spiro atoms. The molecule has 3 N–H and O–H groups in total. The summed E-state index contributed by atoms with van der Waals surface area (Å²) in [5.41, 5.74) is 8.81. The van der Waals surface area contributed by atoms with Crippen LogP contribution in [0.5, 0.6) is 11.5 Å². The number of para-hydroxylation sites is 1. The van der Waals surface area contributed by atoms with E-state index in [4.69, 9.17) is 10.5 Å². The monoisotopic (exact) mass is 268 g/mol. The van der Waals surface area contributed by atoms with E-state index in [0.717, 1.165) is 22.3 Å². The fourth-order valence-electron chi connectivity index (χ4n) is 2.37. The Hall–Kier alpha value is -2.62. The van der Waals surface area contributed by atoms with Crippen LogP contribution >= 0.6 is 0 Å². The number of nitrogens with zero attached hydrogens (tertiary/aromatic N) is 1. The normalized spacial score (nSPS) is 10.8. The second-order valence-corrected chi connectivity index (χ2v) is 4.77. The Labute approximate surface area is 117 Å². The Morgan fingerprint density at radius 2 is 1.95 bits per heavy atom. The van der Waals surface area contributed by atoms with Gasteiger partial charge in [0.15, 0.2) is 0 Å². The average molecular weight is 268 g/mol. The van der Waals surface area contributed by atoms with Gasteiger partial charge in [0.1, 0.15) is 18.1 Å². The molecule has 0 fully saturated rings. The third kappa shape index (κ3) is 2.16. The number of phenols is 1. The maximum atomic E-state index is 9.41. The molecule has 2 aromatic carbocycles. The third-order valence-electron chi connectivity index (χ3n) is 3.39. The molecule has 1 heterocycles. The number of phenolic OH excluding ortho intramolecular Hbond substituents is 1. The predicted octanol–water partition coefficient (Wildman–Crippen LogP) is 3.05. The molecule has 0 bridgehead atoms. The van der Waals surface area contributed by atoms with Crippen LogP contribution in [0.4, 0.5) is 5.69 Å². The number of nitrogen functional groups attached to an aromatic ring is 1. The fourth-order valence-corrected chi connectivity index (χ4v) is 2.37. The van der Waals surface area contributed by atoms with Crippen molar-refractivity contribution in [2.24, 2.45) is 7.05 Å². The highest BCUT2D eigenvalue weighted by molar-refractivity contribution is 5.91. The number of benzene rings is 2. The van der Waals surface area contributed by atoms with E-state index in [2.05, 4.69) is 6.07 Å². The molecule has 4 nitrogen and oxygen atoms in total. The number of fused-ring (bicyclic) bond motifs is 1. The highest BCUT2D eigenvalue weighted by Crippen LogP contribution is 2.25. The van der Waals surface area contributed by atoms with Crippen LogP contribution in [0.3, 0.4) is 0 Å². The molecule has 0 aliphatic heterocycles. The number of aromatic nitrogens is 1. The van der Waals surface area contributed by atoms with Crippen LogP contribution in [0.2, 0.25) is 0 Å². The molecule has 0 unspecified atom stereocenters. The van der Waals surface area contributed by atoms with E-state index in [9.17, 15) is 5.11 Å². The SMILES string of the molecule is Cn1c(COc2cccc(O)c2)cc2cccc(N)c21. The lowest BCUT2D eigenvalue weighted by atomic mass is 10.2. The predicted molar refractivity (Wildman–Crippen MR) is 79.8 cm³/mol. The van der Waals surface area contributed by atoms with Crippen molar-refractivity contribution in [3.8, 4) is 11.5 Å². The number of aryl methyl sites for hydroxylation is 1. The first kappa shape index (κ1) is 12.4. The number of rotatable bonds is 3. The van der Waals surface area contributed by atoms with Crippen molar-refractivity contribution >= 4 is 16.6 Å². The van der Waals surface area contributed by atoms with Crippen LogP contribution in [-0.4, -0.2) is 9.67 Å². The van der Waals surface area contributed by atoms with E-state index in [0.29, 0.717) is 12.4 Å². The molecular weight excluding hydrogens is 252 g/mol. The molecule has 1 aromatic heterocycles. The lowest BCUT2D eigenvalue weighted by Crippen LogP contribution is -2.02. The Bertz CT molecular complexity index is 762. The van der Waals surface area contributed by atoms with E-state index in [1.54, 1.807) is 18.2 Å². The van der Waals surface area contributed by atoms with Crippen LogP contribution in [0.25, 0.3) is 10.9 Å². The standard InChI is InChI=1S/C16H16N2O2/c1-18-12(8-11-4-2-7-15(17)16(11)18)10-20-14-6-3-5-13(19)9-14/h2-9,19H,10,17H2,1H3. The molecule has 0 saturated heterocycles. The summed E-state index contributed by atoms with van der Waals surface area (Å²) >= 11 is 0. The zero-order chi connectivity index (χ0) is 14.1. The van der Waals surface area contributed by atoms with Crippen molar-refractivity contribution in [3.05, 3.63) is 54.2 Å². The van der Waals surface area contributed by atoms with Crippen molar-refractivity contribution in [2.45, 2.75) is 6.61 Å². The number of aromatic hydroxyl groups is 1. The summed E-state index contributed by atoms with van der Waals surface area (Å²) in [5.74, 6) is 0.840. The molecule has 0 atom stereocenters. The molecule has 0 aliphatic carbocycles. The zero-order valence-corrected chi connectivity index (χ0v) is 11.2. The average Bonchev–Trinajstić information content (AvgIpc) is 2.75. The van der Waals surface area contributed by atoms with Crippen molar-refractivity contribution in [1.29, 1.82) is 0 Å². The van der Waals surface area contributed by atoms with Gasteiger partial charge in [0.25, 0.3) is 0 Å². The van der Waals surface area contributed by atoms with Gasteiger partial charge in [0, 0.05) is 18.5 Å². The fraction of sp³-hybridized carbons (Fsp3) is 0.125. The second kappa shape index (κ2) is 4.81. The van der Waals surface area contributed by atoms with Gasteiger partial charge in [-0.15, -0.1) is 0 Å². The Morgan fingerprint density at radius 1 is 1.15 bits per heavy atom. The van der Waals surface area contributed by atoms with Gasteiger partial charge < -0.3 is 20.1 Å². The number of hydrogen-bond donors (Lipinski definition) is 2. The molecule has 0 saturated carbocycles. The van der Waals surface area contributed by atoms with Crippen molar-refractivity contribution in [1.82, 2.24) is 4.57 Å². The third-order valence-corrected chi connectivity index (χ3v) is 3.39. The summed E-state index contributed by atoms with van der Waals surface area (Å²) in [6.07, 6.45) is 0. The zero-order valence-electron chi connectivity index (χ0n) is 11.2. The van der Waals surface area contributed by atoms with Gasteiger partial charge in [0.2, 0.25) is 0 Å². The Kier molecular flexibility index (Phi) is 2.99. The first-order valence-corrected chi connectivity index (χ1v) is 6.40. The molecular formula is C16H16N2O2. The number of hydrogen-bond acceptors (Lipinski definition) is 3. The van der Waals surface area contributed by atoms with Gasteiger partial charge in [-0.25, -0.2) is 0 Å². The van der Waals surface area contributed by atoms with Gasteiger partial charge in [-0.2, -0.15) is 0 Å². The molecule has 3 rings (SSSR count). The maximum absolute atomic E-state index is 9.41. The van der Waals surface area contributed by atoms with Gasteiger partial charge in [-0.1, -0.05) is 18.2 Å². The van der Waals surface area contributed by atoms with Crippen LogP contribution in [-0.2, 0) is 13.7 Å². The second-order valence-electron chi connectivity index (χ2n) is 4.77.